The van der Waals surface area contributed by atoms with E-state index in [-0.39, 0.29) is 5.95 Å². The fraction of sp³-hybridized carbons (Fsp3) is 0. The zero-order valence-corrected chi connectivity index (χ0v) is 18.7. The molecule has 168 valence electrons. The summed E-state index contributed by atoms with van der Waals surface area (Å²) in [7, 11) is 0. The number of nitriles is 1. The maximum atomic E-state index is 9.86. The summed E-state index contributed by atoms with van der Waals surface area (Å²) in [5, 5.41) is 11.1. The van der Waals surface area contributed by atoms with E-state index < -0.39 is 0 Å². The maximum absolute atomic E-state index is 9.86. The van der Waals surface area contributed by atoms with Gasteiger partial charge in [0.15, 0.2) is 0 Å². The van der Waals surface area contributed by atoms with Gasteiger partial charge in [0.2, 0.25) is 6.19 Å². The second-order valence-electron chi connectivity index (χ2n) is 7.66. The Bertz CT molecular complexity index is 1430. The van der Waals surface area contributed by atoms with Gasteiger partial charge in [-0.15, -0.1) is 0 Å². The molecule has 1 heterocycles. The van der Waals surface area contributed by atoms with Crippen LogP contribution in [0, 0.1) is 11.5 Å². The normalized spacial score (nSPS) is 10.3. The molecule has 0 atom stereocenters. The monoisotopic (exact) mass is 455 g/mol. The summed E-state index contributed by atoms with van der Waals surface area (Å²) in [6.07, 6.45) is 2.14. The minimum atomic E-state index is 0.248. The van der Waals surface area contributed by atoms with Crippen molar-refractivity contribution in [2.24, 2.45) is 0 Å². The summed E-state index contributed by atoms with van der Waals surface area (Å²) >= 11 is 0. The van der Waals surface area contributed by atoms with Crippen molar-refractivity contribution in [1.82, 2.24) is 9.97 Å². The van der Waals surface area contributed by atoms with Gasteiger partial charge in [-0.25, -0.2) is 9.97 Å². The lowest BCUT2D eigenvalue weighted by molar-refractivity contribution is 0.483. The molecular formula is C29H21N5O. The van der Waals surface area contributed by atoms with Gasteiger partial charge in [-0.05, 0) is 54.6 Å². The van der Waals surface area contributed by atoms with E-state index >= 15 is 0 Å². The number of ether oxygens (including phenoxy) is 1. The summed E-state index contributed by atoms with van der Waals surface area (Å²) < 4.78 is 5.91. The molecule has 0 unspecified atom stereocenters. The molecule has 0 spiro atoms. The third kappa shape index (κ3) is 5.27. The molecule has 5 aromatic rings. The molecule has 0 fully saturated rings. The second kappa shape index (κ2) is 10.2. The number of benzene rings is 4. The summed E-state index contributed by atoms with van der Waals surface area (Å²) in [4.78, 5) is 9.37. The molecule has 0 aliphatic heterocycles. The van der Waals surface area contributed by atoms with Crippen LogP contribution in [-0.4, -0.2) is 9.97 Å². The summed E-state index contributed by atoms with van der Waals surface area (Å²) in [5.74, 6) is 1.74. The minimum Gasteiger partial charge on any atom is -0.457 e. The first kappa shape index (κ1) is 21.7. The van der Waals surface area contributed by atoms with Crippen molar-refractivity contribution >= 4 is 11.6 Å². The number of rotatable bonds is 7. The SMILES string of the molecule is N#CN(Nc1ccccc1)c1nc(-c2ccccc2)cc(-c2ccc(Oc3ccccc3)cc2)n1. The van der Waals surface area contributed by atoms with Crippen LogP contribution in [-0.2, 0) is 0 Å². The fourth-order valence-corrected chi connectivity index (χ4v) is 3.52. The third-order valence-corrected chi connectivity index (χ3v) is 5.23. The van der Waals surface area contributed by atoms with Gasteiger partial charge < -0.3 is 4.74 Å². The van der Waals surface area contributed by atoms with Crippen molar-refractivity contribution in [2.45, 2.75) is 0 Å². The lowest BCUT2D eigenvalue weighted by atomic mass is 10.1. The first-order valence-electron chi connectivity index (χ1n) is 11.1. The van der Waals surface area contributed by atoms with Gasteiger partial charge in [0.1, 0.15) is 11.5 Å². The van der Waals surface area contributed by atoms with Crippen molar-refractivity contribution < 1.29 is 4.74 Å². The van der Waals surface area contributed by atoms with Crippen LogP contribution in [0.2, 0.25) is 0 Å². The molecule has 6 nitrogen and oxygen atoms in total. The predicted molar refractivity (Wildman–Crippen MR) is 138 cm³/mol. The molecule has 0 aliphatic carbocycles. The van der Waals surface area contributed by atoms with Gasteiger partial charge in [0.05, 0.1) is 17.1 Å². The highest BCUT2D eigenvalue weighted by atomic mass is 16.5. The van der Waals surface area contributed by atoms with E-state index in [0.717, 1.165) is 28.3 Å². The van der Waals surface area contributed by atoms with Gasteiger partial charge >= 0.3 is 0 Å². The number of hydrogen-bond donors (Lipinski definition) is 1. The minimum absolute atomic E-state index is 0.248. The van der Waals surface area contributed by atoms with Gasteiger partial charge in [-0.3, -0.25) is 5.43 Å². The molecule has 1 aromatic heterocycles. The van der Waals surface area contributed by atoms with Crippen molar-refractivity contribution in [3.8, 4) is 40.2 Å². The lowest BCUT2D eigenvalue weighted by Gasteiger charge is -2.18. The predicted octanol–water partition coefficient (Wildman–Crippen LogP) is 6.92. The van der Waals surface area contributed by atoms with E-state index in [9.17, 15) is 5.26 Å². The number of hydrogen-bond acceptors (Lipinski definition) is 6. The van der Waals surface area contributed by atoms with Crippen molar-refractivity contribution in [3.05, 3.63) is 121 Å². The van der Waals surface area contributed by atoms with Gasteiger partial charge in [0.25, 0.3) is 5.95 Å². The van der Waals surface area contributed by atoms with Crippen LogP contribution in [0.5, 0.6) is 11.5 Å². The molecule has 1 N–H and O–H groups in total. The van der Waals surface area contributed by atoms with Gasteiger partial charge in [-0.2, -0.15) is 10.3 Å². The Balaban J connectivity index is 1.50. The maximum Gasteiger partial charge on any atom is 0.259 e. The largest absolute Gasteiger partial charge is 0.457 e. The third-order valence-electron chi connectivity index (χ3n) is 5.23. The Kier molecular flexibility index (Phi) is 6.32. The molecule has 0 saturated heterocycles. The van der Waals surface area contributed by atoms with E-state index in [4.69, 9.17) is 9.72 Å². The molecule has 6 heteroatoms. The molecule has 0 saturated carbocycles. The highest BCUT2D eigenvalue weighted by Crippen LogP contribution is 2.29. The Morgan fingerprint density at radius 1 is 0.629 bits per heavy atom. The van der Waals surface area contributed by atoms with Crippen molar-refractivity contribution in [3.63, 3.8) is 0 Å². The van der Waals surface area contributed by atoms with E-state index in [1.807, 2.05) is 121 Å². The van der Waals surface area contributed by atoms with Gasteiger partial charge in [0, 0.05) is 11.1 Å². The highest BCUT2D eigenvalue weighted by molar-refractivity contribution is 5.71. The first-order chi connectivity index (χ1) is 17.3. The van der Waals surface area contributed by atoms with Crippen molar-refractivity contribution in [2.75, 3.05) is 10.4 Å². The number of hydrazine groups is 1. The second-order valence-corrected chi connectivity index (χ2v) is 7.66. The standard InChI is InChI=1S/C29H21N5O/c30-21-34(33-24-12-6-2-7-13-24)29-31-27(22-10-4-1-5-11-22)20-28(32-29)23-16-18-26(19-17-23)35-25-14-8-3-9-15-25/h1-20,33H. The van der Waals surface area contributed by atoms with Crippen molar-refractivity contribution in [1.29, 1.82) is 5.26 Å². The number of para-hydroxylation sites is 2. The van der Waals surface area contributed by atoms with Crippen LogP contribution in [0.15, 0.2) is 121 Å². The summed E-state index contributed by atoms with van der Waals surface area (Å²) in [6, 6.07) is 38.5. The van der Waals surface area contributed by atoms with Crippen LogP contribution in [0.3, 0.4) is 0 Å². The Morgan fingerprint density at radius 2 is 1.14 bits per heavy atom. The number of nitrogens with one attached hydrogen (secondary N) is 1. The molecule has 4 aromatic carbocycles. The van der Waals surface area contributed by atoms with E-state index in [1.54, 1.807) is 0 Å². The van der Waals surface area contributed by atoms with Crippen LogP contribution in [0.4, 0.5) is 11.6 Å². The quantitative estimate of drug-likeness (QED) is 0.163. The summed E-state index contributed by atoms with van der Waals surface area (Å²) in [6.45, 7) is 0. The molecule has 35 heavy (non-hydrogen) atoms. The molecule has 0 radical (unpaired) electrons. The first-order valence-corrected chi connectivity index (χ1v) is 11.1. The number of anilines is 2. The lowest BCUT2D eigenvalue weighted by Crippen LogP contribution is -2.26. The van der Waals surface area contributed by atoms with Crippen LogP contribution >= 0.6 is 0 Å². The van der Waals surface area contributed by atoms with Crippen LogP contribution in [0.25, 0.3) is 22.5 Å². The molecule has 0 bridgehead atoms. The van der Waals surface area contributed by atoms with E-state index in [2.05, 4.69) is 16.6 Å². The average molecular weight is 456 g/mol. The van der Waals surface area contributed by atoms with E-state index in [1.165, 1.54) is 5.01 Å². The number of nitrogens with zero attached hydrogens (tertiary/aromatic N) is 4. The number of aromatic nitrogens is 2. The molecule has 0 amide bonds. The average Bonchev–Trinajstić information content (AvgIpc) is 2.93. The summed E-state index contributed by atoms with van der Waals surface area (Å²) in [5.41, 5.74) is 7.03. The smallest absolute Gasteiger partial charge is 0.259 e. The van der Waals surface area contributed by atoms with Crippen LogP contribution in [0.1, 0.15) is 0 Å². The van der Waals surface area contributed by atoms with Crippen LogP contribution < -0.4 is 15.2 Å². The zero-order chi connectivity index (χ0) is 23.9. The Hall–Kier alpha value is -5.15. The van der Waals surface area contributed by atoms with Gasteiger partial charge in [-0.1, -0.05) is 66.7 Å². The Labute approximate surface area is 203 Å². The Morgan fingerprint density at radius 3 is 1.74 bits per heavy atom. The highest BCUT2D eigenvalue weighted by Gasteiger charge is 2.15. The zero-order valence-electron chi connectivity index (χ0n) is 18.7. The van der Waals surface area contributed by atoms with E-state index in [0.29, 0.717) is 11.4 Å². The molecule has 5 rings (SSSR count). The molecule has 0 aliphatic rings. The topological polar surface area (TPSA) is 74.1 Å². The molecular weight excluding hydrogens is 434 g/mol. The fourth-order valence-electron chi connectivity index (χ4n) is 3.52.